The van der Waals surface area contributed by atoms with Crippen LogP contribution in [0, 0.1) is 5.92 Å². The fraction of sp³-hybridized carbons (Fsp3) is 0.368. The van der Waals surface area contributed by atoms with E-state index in [-0.39, 0.29) is 0 Å². The topological polar surface area (TPSA) is 26.0 Å². The molecule has 1 heteroatoms. The second kappa shape index (κ2) is 6.71. The molecule has 0 aliphatic heterocycles. The van der Waals surface area contributed by atoms with Gasteiger partial charge >= 0.3 is 0 Å². The predicted molar refractivity (Wildman–Crippen MR) is 87.9 cm³/mol. The van der Waals surface area contributed by atoms with E-state index in [0.29, 0.717) is 18.4 Å². The van der Waals surface area contributed by atoms with E-state index >= 15 is 0 Å². The summed E-state index contributed by atoms with van der Waals surface area (Å²) in [6.07, 6.45) is 1.09. The summed E-state index contributed by atoms with van der Waals surface area (Å²) in [7, 11) is 0. The van der Waals surface area contributed by atoms with E-state index in [1.54, 1.807) is 0 Å². The average molecular weight is 267 g/mol. The average Bonchev–Trinajstić information content (AvgIpc) is 2.48. The fourth-order valence-electron chi connectivity index (χ4n) is 2.65. The lowest BCUT2D eigenvalue weighted by Crippen LogP contribution is -2.17. The Morgan fingerprint density at radius 3 is 1.75 bits per heavy atom. The Hall–Kier alpha value is -1.60. The SMILES string of the molecule is CCc1ccc(-c2ccc(C(CN)C(C)C)cc2)cc1. The van der Waals surface area contributed by atoms with Crippen molar-refractivity contribution in [2.75, 3.05) is 6.54 Å². The van der Waals surface area contributed by atoms with Gasteiger partial charge in [-0.25, -0.2) is 0 Å². The second-order valence-electron chi connectivity index (χ2n) is 5.76. The van der Waals surface area contributed by atoms with Crippen LogP contribution in [0.15, 0.2) is 48.5 Å². The molecule has 2 aromatic carbocycles. The molecule has 0 bridgehead atoms. The summed E-state index contributed by atoms with van der Waals surface area (Å²) in [5, 5.41) is 0. The van der Waals surface area contributed by atoms with Gasteiger partial charge in [-0.3, -0.25) is 0 Å². The van der Waals surface area contributed by atoms with Crippen LogP contribution in [0.4, 0.5) is 0 Å². The van der Waals surface area contributed by atoms with E-state index in [4.69, 9.17) is 5.73 Å². The van der Waals surface area contributed by atoms with Crippen molar-refractivity contribution in [3.63, 3.8) is 0 Å². The largest absolute Gasteiger partial charge is 0.330 e. The maximum atomic E-state index is 5.89. The van der Waals surface area contributed by atoms with Gasteiger partial charge in [0.1, 0.15) is 0 Å². The molecule has 1 unspecified atom stereocenters. The molecule has 0 aliphatic rings. The summed E-state index contributed by atoms with van der Waals surface area (Å²) < 4.78 is 0. The summed E-state index contributed by atoms with van der Waals surface area (Å²) in [6, 6.07) is 17.7. The summed E-state index contributed by atoms with van der Waals surface area (Å²) in [4.78, 5) is 0. The van der Waals surface area contributed by atoms with Gasteiger partial charge in [0.2, 0.25) is 0 Å². The standard InChI is InChI=1S/C19H25N/c1-4-15-5-7-16(8-6-15)17-9-11-18(12-10-17)19(13-20)14(2)3/h5-12,14,19H,4,13,20H2,1-3H3. The maximum Gasteiger partial charge on any atom is -0.000577 e. The Morgan fingerprint density at radius 2 is 1.35 bits per heavy atom. The number of hydrogen-bond donors (Lipinski definition) is 1. The van der Waals surface area contributed by atoms with Crippen molar-refractivity contribution in [2.24, 2.45) is 11.7 Å². The quantitative estimate of drug-likeness (QED) is 0.841. The first kappa shape index (κ1) is 14.8. The van der Waals surface area contributed by atoms with Crippen molar-refractivity contribution in [1.82, 2.24) is 0 Å². The van der Waals surface area contributed by atoms with E-state index in [1.807, 2.05) is 0 Å². The number of benzene rings is 2. The van der Waals surface area contributed by atoms with Crippen LogP contribution in [0.5, 0.6) is 0 Å². The molecule has 0 fully saturated rings. The lowest BCUT2D eigenvalue weighted by molar-refractivity contribution is 0.506. The number of rotatable bonds is 5. The monoisotopic (exact) mass is 267 g/mol. The van der Waals surface area contributed by atoms with Crippen molar-refractivity contribution in [2.45, 2.75) is 33.1 Å². The van der Waals surface area contributed by atoms with E-state index in [0.717, 1.165) is 6.42 Å². The highest BCUT2D eigenvalue weighted by Crippen LogP contribution is 2.26. The molecular weight excluding hydrogens is 242 g/mol. The highest BCUT2D eigenvalue weighted by Gasteiger charge is 2.13. The third kappa shape index (κ3) is 3.29. The molecule has 0 amide bonds. The van der Waals surface area contributed by atoms with Crippen molar-refractivity contribution in [3.05, 3.63) is 59.7 Å². The van der Waals surface area contributed by atoms with Gasteiger partial charge in [0, 0.05) is 0 Å². The molecule has 1 atom stereocenters. The summed E-state index contributed by atoms with van der Waals surface area (Å²) in [5.74, 6) is 1.03. The Bertz CT molecular complexity index is 523. The molecule has 0 radical (unpaired) electrons. The summed E-state index contributed by atoms with van der Waals surface area (Å²) in [5.41, 5.74) is 11.2. The molecule has 0 saturated heterocycles. The van der Waals surface area contributed by atoms with Gasteiger partial charge in [0.15, 0.2) is 0 Å². The highest BCUT2D eigenvalue weighted by molar-refractivity contribution is 5.64. The molecule has 106 valence electrons. The molecule has 0 heterocycles. The van der Waals surface area contributed by atoms with Crippen molar-refractivity contribution < 1.29 is 0 Å². The van der Waals surface area contributed by atoms with Gasteiger partial charge in [-0.1, -0.05) is 69.3 Å². The van der Waals surface area contributed by atoms with Gasteiger partial charge < -0.3 is 5.73 Å². The van der Waals surface area contributed by atoms with Gasteiger partial charge in [-0.05, 0) is 47.1 Å². The molecular formula is C19H25N. The number of hydrogen-bond acceptors (Lipinski definition) is 1. The Labute approximate surface area is 122 Å². The minimum atomic E-state index is 0.450. The van der Waals surface area contributed by atoms with E-state index in [2.05, 4.69) is 69.3 Å². The van der Waals surface area contributed by atoms with Crippen molar-refractivity contribution in [1.29, 1.82) is 0 Å². The van der Waals surface area contributed by atoms with Crippen LogP contribution in [0.25, 0.3) is 11.1 Å². The van der Waals surface area contributed by atoms with E-state index in [1.165, 1.54) is 22.3 Å². The lowest BCUT2D eigenvalue weighted by atomic mass is 9.87. The minimum Gasteiger partial charge on any atom is -0.330 e. The van der Waals surface area contributed by atoms with E-state index in [9.17, 15) is 0 Å². The predicted octanol–water partition coefficient (Wildman–Crippen LogP) is 4.61. The molecule has 2 rings (SSSR count). The zero-order chi connectivity index (χ0) is 14.5. The highest BCUT2D eigenvalue weighted by atomic mass is 14.6. The van der Waals surface area contributed by atoms with E-state index < -0.39 is 0 Å². The van der Waals surface area contributed by atoms with Gasteiger partial charge in [-0.15, -0.1) is 0 Å². The van der Waals surface area contributed by atoms with Crippen LogP contribution in [0.2, 0.25) is 0 Å². The molecule has 20 heavy (non-hydrogen) atoms. The minimum absolute atomic E-state index is 0.450. The van der Waals surface area contributed by atoms with Crippen LogP contribution in [0.1, 0.15) is 37.8 Å². The Balaban J connectivity index is 2.22. The van der Waals surface area contributed by atoms with Crippen LogP contribution < -0.4 is 5.73 Å². The first-order valence-electron chi connectivity index (χ1n) is 7.55. The van der Waals surface area contributed by atoms with Gasteiger partial charge in [-0.2, -0.15) is 0 Å². The molecule has 0 spiro atoms. The molecule has 0 aliphatic carbocycles. The zero-order valence-electron chi connectivity index (χ0n) is 12.8. The number of nitrogens with two attached hydrogens (primary N) is 1. The zero-order valence-corrected chi connectivity index (χ0v) is 12.8. The third-order valence-electron chi connectivity index (χ3n) is 4.09. The third-order valence-corrected chi connectivity index (χ3v) is 4.09. The maximum absolute atomic E-state index is 5.89. The van der Waals surface area contributed by atoms with Crippen LogP contribution >= 0.6 is 0 Å². The molecule has 0 aromatic heterocycles. The second-order valence-corrected chi connectivity index (χ2v) is 5.76. The Morgan fingerprint density at radius 1 is 0.850 bits per heavy atom. The first-order valence-corrected chi connectivity index (χ1v) is 7.55. The summed E-state index contributed by atoms with van der Waals surface area (Å²) in [6.45, 7) is 7.36. The molecule has 2 aromatic rings. The Kier molecular flexibility index (Phi) is 4.97. The summed E-state index contributed by atoms with van der Waals surface area (Å²) >= 11 is 0. The molecule has 0 saturated carbocycles. The molecule has 1 nitrogen and oxygen atoms in total. The first-order chi connectivity index (χ1) is 9.65. The smallest absolute Gasteiger partial charge is 0.000577 e. The fourth-order valence-corrected chi connectivity index (χ4v) is 2.65. The number of aryl methyl sites for hydroxylation is 1. The van der Waals surface area contributed by atoms with Gasteiger partial charge in [0.25, 0.3) is 0 Å². The van der Waals surface area contributed by atoms with Crippen LogP contribution in [0.3, 0.4) is 0 Å². The van der Waals surface area contributed by atoms with Crippen molar-refractivity contribution >= 4 is 0 Å². The van der Waals surface area contributed by atoms with Gasteiger partial charge in [0.05, 0.1) is 0 Å². The molecule has 2 N–H and O–H groups in total. The van der Waals surface area contributed by atoms with Crippen LogP contribution in [-0.4, -0.2) is 6.54 Å². The normalized spacial score (nSPS) is 12.7. The van der Waals surface area contributed by atoms with Crippen LogP contribution in [-0.2, 0) is 6.42 Å². The lowest BCUT2D eigenvalue weighted by Gasteiger charge is -2.19. The van der Waals surface area contributed by atoms with Crippen molar-refractivity contribution in [3.8, 4) is 11.1 Å².